The van der Waals surface area contributed by atoms with Crippen LogP contribution in [0.15, 0.2) is 91.0 Å². The Bertz CT molecular complexity index is 1110. The Labute approximate surface area is 209 Å². The quantitative estimate of drug-likeness (QED) is 0.248. The van der Waals surface area contributed by atoms with Gasteiger partial charge in [0.05, 0.1) is 12.0 Å². The molecule has 4 heteroatoms. The molecule has 0 radical (unpaired) electrons. The van der Waals surface area contributed by atoms with Gasteiger partial charge in [-0.3, -0.25) is 9.59 Å². The van der Waals surface area contributed by atoms with E-state index < -0.39 is 5.41 Å². The molecule has 1 aliphatic heterocycles. The standard InChI is InChI=1S/C16H14O.C15H21NO2/c1-13-7-5-6-8-14(13)11-12-16(17)15-9-3-2-4-10-15;1-3-18-14(17)15(9-11-16(2)12-10-15)13-7-5-4-6-8-13/h2-12H,1H3;4-8H,3,9-12H2,1-2H3. The third-order valence-corrected chi connectivity index (χ3v) is 6.49. The van der Waals surface area contributed by atoms with Gasteiger partial charge in [-0.2, -0.15) is 0 Å². The molecule has 0 aromatic heterocycles. The average molecular weight is 470 g/mol. The molecule has 182 valence electrons. The molecular weight excluding hydrogens is 434 g/mol. The fraction of sp³-hybridized carbons (Fsp3) is 0.290. The Hall–Kier alpha value is -3.50. The van der Waals surface area contributed by atoms with Crippen LogP contribution < -0.4 is 0 Å². The maximum Gasteiger partial charge on any atom is 0.316 e. The van der Waals surface area contributed by atoms with E-state index in [-0.39, 0.29) is 11.8 Å². The first-order chi connectivity index (χ1) is 17.0. The largest absolute Gasteiger partial charge is 0.465 e. The third-order valence-electron chi connectivity index (χ3n) is 6.49. The monoisotopic (exact) mass is 469 g/mol. The highest BCUT2D eigenvalue weighted by Crippen LogP contribution is 2.36. The number of nitrogens with zero attached hydrogens (tertiary/aromatic N) is 1. The van der Waals surface area contributed by atoms with Gasteiger partial charge < -0.3 is 9.64 Å². The Morgan fingerprint density at radius 3 is 2.06 bits per heavy atom. The maximum atomic E-state index is 12.4. The van der Waals surface area contributed by atoms with Gasteiger partial charge in [0.15, 0.2) is 5.78 Å². The lowest BCUT2D eigenvalue weighted by Crippen LogP contribution is -2.47. The van der Waals surface area contributed by atoms with Crippen LogP contribution in [0, 0.1) is 6.92 Å². The smallest absolute Gasteiger partial charge is 0.316 e. The van der Waals surface area contributed by atoms with Crippen molar-refractivity contribution in [3.63, 3.8) is 0 Å². The minimum absolute atomic E-state index is 0.0360. The number of piperidine rings is 1. The number of ether oxygens (including phenoxy) is 1. The molecule has 0 amide bonds. The molecule has 1 fully saturated rings. The average Bonchev–Trinajstić information content (AvgIpc) is 2.90. The first-order valence-corrected chi connectivity index (χ1v) is 12.2. The normalized spacial score (nSPS) is 15.2. The van der Waals surface area contributed by atoms with E-state index in [1.54, 1.807) is 6.08 Å². The molecule has 35 heavy (non-hydrogen) atoms. The Balaban J connectivity index is 0.000000196. The second-order valence-corrected chi connectivity index (χ2v) is 8.89. The van der Waals surface area contributed by atoms with Crippen molar-refractivity contribution in [2.24, 2.45) is 0 Å². The van der Waals surface area contributed by atoms with E-state index in [0.29, 0.717) is 6.61 Å². The SMILES string of the molecule is CCOC(=O)C1(c2ccccc2)CCN(C)CC1.Cc1ccccc1C=CC(=O)c1ccccc1. The van der Waals surface area contributed by atoms with Crippen molar-refractivity contribution in [2.75, 3.05) is 26.7 Å². The first kappa shape index (κ1) is 26.1. The first-order valence-electron chi connectivity index (χ1n) is 12.2. The van der Waals surface area contributed by atoms with Gasteiger partial charge in [-0.05, 0) is 69.6 Å². The van der Waals surface area contributed by atoms with Crippen LogP contribution in [-0.4, -0.2) is 43.4 Å². The summed E-state index contributed by atoms with van der Waals surface area (Å²) in [4.78, 5) is 26.5. The van der Waals surface area contributed by atoms with Gasteiger partial charge in [-0.15, -0.1) is 0 Å². The van der Waals surface area contributed by atoms with Gasteiger partial charge in [-0.1, -0.05) is 91.0 Å². The topological polar surface area (TPSA) is 46.6 Å². The number of hydrogen-bond acceptors (Lipinski definition) is 4. The Morgan fingerprint density at radius 2 is 1.46 bits per heavy atom. The van der Waals surface area contributed by atoms with E-state index in [0.717, 1.165) is 42.6 Å². The highest BCUT2D eigenvalue weighted by molar-refractivity contribution is 6.06. The summed E-state index contributed by atoms with van der Waals surface area (Å²) >= 11 is 0. The number of likely N-dealkylation sites (tertiary alicyclic amines) is 1. The van der Waals surface area contributed by atoms with Crippen LogP contribution >= 0.6 is 0 Å². The van der Waals surface area contributed by atoms with Crippen LogP contribution in [0.4, 0.5) is 0 Å². The number of allylic oxidation sites excluding steroid dienone is 1. The zero-order chi connectivity index (χ0) is 25.1. The second kappa shape index (κ2) is 12.8. The predicted molar refractivity (Wildman–Crippen MR) is 142 cm³/mol. The van der Waals surface area contributed by atoms with Crippen LogP contribution in [0.1, 0.15) is 46.8 Å². The summed E-state index contributed by atoms with van der Waals surface area (Å²) in [5.41, 5.74) is 3.62. The Kier molecular flexibility index (Phi) is 9.56. The molecule has 1 saturated heterocycles. The lowest BCUT2D eigenvalue weighted by molar-refractivity contribution is -0.152. The predicted octanol–water partition coefficient (Wildman–Crippen LogP) is 6.10. The summed E-state index contributed by atoms with van der Waals surface area (Å²) in [5.74, 6) is -0.0295. The number of carbonyl (C=O) groups excluding carboxylic acids is 2. The zero-order valence-corrected chi connectivity index (χ0v) is 20.9. The van der Waals surface area contributed by atoms with Gasteiger partial charge in [0, 0.05) is 5.56 Å². The molecular formula is C31H35NO3. The summed E-state index contributed by atoms with van der Waals surface area (Å²) in [6.45, 7) is 6.23. The molecule has 0 N–H and O–H groups in total. The van der Waals surface area contributed by atoms with Crippen LogP contribution in [0.3, 0.4) is 0 Å². The molecule has 0 spiro atoms. The van der Waals surface area contributed by atoms with Crippen molar-refractivity contribution < 1.29 is 14.3 Å². The summed E-state index contributed by atoms with van der Waals surface area (Å²) in [7, 11) is 2.10. The number of benzene rings is 3. The molecule has 0 bridgehead atoms. The highest BCUT2D eigenvalue weighted by Gasteiger charge is 2.43. The van der Waals surface area contributed by atoms with Crippen LogP contribution in [-0.2, 0) is 14.9 Å². The molecule has 0 saturated carbocycles. The summed E-state index contributed by atoms with van der Waals surface area (Å²) in [6.07, 6.45) is 5.17. The molecule has 3 aromatic carbocycles. The van der Waals surface area contributed by atoms with E-state index in [4.69, 9.17) is 4.74 Å². The van der Waals surface area contributed by atoms with E-state index in [9.17, 15) is 9.59 Å². The molecule has 4 nitrogen and oxygen atoms in total. The van der Waals surface area contributed by atoms with Gasteiger partial charge in [0.25, 0.3) is 0 Å². The molecule has 3 aromatic rings. The van der Waals surface area contributed by atoms with Crippen molar-refractivity contribution in [1.82, 2.24) is 4.90 Å². The van der Waals surface area contributed by atoms with Crippen molar-refractivity contribution in [2.45, 2.75) is 32.1 Å². The van der Waals surface area contributed by atoms with Gasteiger partial charge in [0.2, 0.25) is 0 Å². The maximum absolute atomic E-state index is 12.4. The van der Waals surface area contributed by atoms with Crippen molar-refractivity contribution in [3.8, 4) is 0 Å². The van der Waals surface area contributed by atoms with Crippen LogP contribution in [0.25, 0.3) is 6.08 Å². The lowest BCUT2D eigenvalue weighted by atomic mass is 9.73. The second-order valence-electron chi connectivity index (χ2n) is 8.89. The highest BCUT2D eigenvalue weighted by atomic mass is 16.5. The zero-order valence-electron chi connectivity index (χ0n) is 20.9. The van der Waals surface area contributed by atoms with Gasteiger partial charge >= 0.3 is 5.97 Å². The molecule has 1 heterocycles. The van der Waals surface area contributed by atoms with E-state index in [1.165, 1.54) is 5.56 Å². The van der Waals surface area contributed by atoms with Crippen molar-refractivity contribution in [3.05, 3.63) is 113 Å². The summed E-state index contributed by atoms with van der Waals surface area (Å²) in [6, 6.07) is 27.4. The number of esters is 1. The van der Waals surface area contributed by atoms with Gasteiger partial charge in [-0.25, -0.2) is 0 Å². The number of ketones is 1. The molecule has 1 aliphatic rings. The lowest BCUT2D eigenvalue weighted by Gasteiger charge is -2.38. The fourth-order valence-electron chi connectivity index (χ4n) is 4.28. The minimum atomic E-state index is -0.441. The number of aryl methyl sites for hydroxylation is 1. The number of carbonyl (C=O) groups is 2. The molecule has 4 rings (SSSR count). The van der Waals surface area contributed by atoms with Crippen molar-refractivity contribution in [1.29, 1.82) is 0 Å². The van der Waals surface area contributed by atoms with Crippen LogP contribution in [0.5, 0.6) is 0 Å². The minimum Gasteiger partial charge on any atom is -0.465 e. The van der Waals surface area contributed by atoms with Crippen molar-refractivity contribution >= 4 is 17.8 Å². The third kappa shape index (κ3) is 7.00. The van der Waals surface area contributed by atoms with Gasteiger partial charge in [0.1, 0.15) is 0 Å². The number of hydrogen-bond donors (Lipinski definition) is 0. The fourth-order valence-corrected chi connectivity index (χ4v) is 4.28. The summed E-state index contributed by atoms with van der Waals surface area (Å²) < 4.78 is 5.32. The van der Waals surface area contributed by atoms with E-state index in [1.807, 2.05) is 105 Å². The molecule has 0 atom stereocenters. The van der Waals surface area contributed by atoms with E-state index >= 15 is 0 Å². The molecule has 0 unspecified atom stereocenters. The van der Waals surface area contributed by atoms with E-state index in [2.05, 4.69) is 11.9 Å². The number of rotatable bonds is 6. The Morgan fingerprint density at radius 1 is 0.886 bits per heavy atom. The molecule has 0 aliphatic carbocycles. The van der Waals surface area contributed by atoms with Crippen LogP contribution in [0.2, 0.25) is 0 Å². The summed E-state index contributed by atoms with van der Waals surface area (Å²) in [5, 5.41) is 0.